The van der Waals surface area contributed by atoms with Crippen LogP contribution in [-0.4, -0.2) is 17.3 Å². The Labute approximate surface area is 113 Å². The molecule has 0 aliphatic heterocycles. The highest BCUT2D eigenvalue weighted by atomic mass is 16.3. The van der Waals surface area contributed by atoms with E-state index in [2.05, 4.69) is 5.32 Å². The van der Waals surface area contributed by atoms with Crippen molar-refractivity contribution in [3.63, 3.8) is 0 Å². The van der Waals surface area contributed by atoms with Crippen molar-refractivity contribution >= 4 is 12.2 Å². The highest BCUT2D eigenvalue weighted by Crippen LogP contribution is 2.09. The first-order valence-corrected chi connectivity index (χ1v) is 6.70. The molecule has 1 amide bonds. The summed E-state index contributed by atoms with van der Waals surface area (Å²) < 4.78 is 0. The molecule has 0 unspecified atom stereocenters. The number of rotatable bonds is 9. The first kappa shape index (κ1) is 15.2. The number of aldehydes is 1. The number of amides is 1. The Kier molecular flexibility index (Phi) is 7.32. The van der Waals surface area contributed by atoms with Crippen LogP contribution in [0.25, 0.3) is 0 Å². The molecule has 1 aromatic carbocycles. The van der Waals surface area contributed by atoms with E-state index in [4.69, 9.17) is 5.11 Å². The third kappa shape index (κ3) is 7.24. The molecule has 104 valence electrons. The van der Waals surface area contributed by atoms with Crippen molar-refractivity contribution in [2.24, 2.45) is 0 Å². The average Bonchev–Trinajstić information content (AvgIpc) is 2.42. The first-order valence-electron chi connectivity index (χ1n) is 6.70. The molecule has 0 aliphatic carbocycles. The van der Waals surface area contributed by atoms with Crippen LogP contribution in [-0.2, 0) is 16.1 Å². The van der Waals surface area contributed by atoms with Crippen molar-refractivity contribution in [2.75, 3.05) is 0 Å². The highest BCUT2D eigenvalue weighted by molar-refractivity contribution is 5.75. The van der Waals surface area contributed by atoms with Crippen LogP contribution in [0.1, 0.15) is 44.1 Å². The van der Waals surface area contributed by atoms with Gasteiger partial charge >= 0.3 is 0 Å². The molecule has 0 spiro atoms. The molecular formula is C15H21NO3. The maximum atomic E-state index is 11.6. The molecule has 0 atom stereocenters. The normalized spacial score (nSPS) is 10.1. The van der Waals surface area contributed by atoms with E-state index in [9.17, 15) is 9.59 Å². The van der Waals surface area contributed by atoms with Gasteiger partial charge in [-0.25, -0.2) is 0 Å². The van der Waals surface area contributed by atoms with Gasteiger partial charge in [-0.3, -0.25) is 4.79 Å². The minimum atomic E-state index is 0.0449. The van der Waals surface area contributed by atoms with Gasteiger partial charge in [0.2, 0.25) is 5.91 Å². The van der Waals surface area contributed by atoms with Crippen LogP contribution in [0.3, 0.4) is 0 Å². The number of carbonyl (C=O) groups excluding carboxylic acids is 2. The molecule has 0 bridgehead atoms. The van der Waals surface area contributed by atoms with Gasteiger partial charge in [-0.15, -0.1) is 0 Å². The van der Waals surface area contributed by atoms with Gasteiger partial charge in [-0.2, -0.15) is 0 Å². The molecule has 0 aliphatic rings. The maximum absolute atomic E-state index is 11.6. The molecule has 0 saturated heterocycles. The molecule has 1 rings (SSSR count). The van der Waals surface area contributed by atoms with Gasteiger partial charge in [0.1, 0.15) is 12.0 Å². The fourth-order valence-corrected chi connectivity index (χ4v) is 1.77. The second-order valence-corrected chi connectivity index (χ2v) is 4.56. The summed E-state index contributed by atoms with van der Waals surface area (Å²) in [6.45, 7) is 0.490. The van der Waals surface area contributed by atoms with Gasteiger partial charge in [0.05, 0.1) is 0 Å². The summed E-state index contributed by atoms with van der Waals surface area (Å²) in [6, 6.07) is 6.78. The molecule has 2 N–H and O–H groups in total. The van der Waals surface area contributed by atoms with Crippen molar-refractivity contribution in [3.05, 3.63) is 29.8 Å². The molecule has 1 aromatic rings. The van der Waals surface area contributed by atoms with E-state index in [0.717, 1.165) is 37.5 Å². The summed E-state index contributed by atoms with van der Waals surface area (Å²) in [5, 5.41) is 12.0. The van der Waals surface area contributed by atoms with Gasteiger partial charge in [-0.05, 0) is 30.5 Å². The molecule has 0 heterocycles. The minimum absolute atomic E-state index is 0.0449. The van der Waals surface area contributed by atoms with Crippen LogP contribution in [0.4, 0.5) is 0 Å². The lowest BCUT2D eigenvalue weighted by Crippen LogP contribution is -2.22. The summed E-state index contributed by atoms with van der Waals surface area (Å²) in [5.41, 5.74) is 0.970. The number of phenols is 1. The highest BCUT2D eigenvalue weighted by Gasteiger charge is 2.01. The van der Waals surface area contributed by atoms with E-state index >= 15 is 0 Å². The van der Waals surface area contributed by atoms with Gasteiger partial charge in [-0.1, -0.05) is 25.0 Å². The number of hydrogen-bond donors (Lipinski definition) is 2. The van der Waals surface area contributed by atoms with Crippen molar-refractivity contribution in [1.29, 1.82) is 0 Å². The fraction of sp³-hybridized carbons (Fsp3) is 0.467. The lowest BCUT2D eigenvalue weighted by Gasteiger charge is -2.05. The summed E-state index contributed by atoms with van der Waals surface area (Å²) in [5.74, 6) is 0.272. The standard InChI is InChI=1S/C15H21NO3/c17-11-5-3-1-2-4-6-15(19)16-12-13-7-9-14(18)10-8-13/h7-11,18H,1-6,12H2,(H,16,19). The van der Waals surface area contributed by atoms with Crippen LogP contribution in [0.15, 0.2) is 24.3 Å². The van der Waals surface area contributed by atoms with Gasteiger partial charge in [0.25, 0.3) is 0 Å². The van der Waals surface area contributed by atoms with Crippen LogP contribution in [0.5, 0.6) is 5.75 Å². The number of aromatic hydroxyl groups is 1. The Hall–Kier alpha value is -1.84. The number of phenolic OH excluding ortho intramolecular Hbond substituents is 1. The summed E-state index contributed by atoms with van der Waals surface area (Å²) in [7, 11) is 0. The lowest BCUT2D eigenvalue weighted by atomic mass is 10.1. The van der Waals surface area contributed by atoms with Gasteiger partial charge in [0.15, 0.2) is 0 Å². The predicted octanol–water partition coefficient (Wildman–Crippen LogP) is 2.55. The maximum Gasteiger partial charge on any atom is 0.220 e. The monoisotopic (exact) mass is 263 g/mol. The first-order chi connectivity index (χ1) is 9.22. The predicted molar refractivity (Wildman–Crippen MR) is 73.7 cm³/mol. The molecule has 0 aromatic heterocycles. The molecule has 0 radical (unpaired) electrons. The zero-order chi connectivity index (χ0) is 13.9. The Bertz CT molecular complexity index is 387. The van der Waals surface area contributed by atoms with E-state index in [1.54, 1.807) is 24.3 Å². The molecule has 0 fully saturated rings. The van der Waals surface area contributed by atoms with E-state index in [1.165, 1.54) is 0 Å². The molecule has 4 heteroatoms. The summed E-state index contributed by atoms with van der Waals surface area (Å²) >= 11 is 0. The van der Waals surface area contributed by atoms with Crippen molar-refractivity contribution in [3.8, 4) is 5.75 Å². The second-order valence-electron chi connectivity index (χ2n) is 4.56. The molecule has 19 heavy (non-hydrogen) atoms. The lowest BCUT2D eigenvalue weighted by molar-refractivity contribution is -0.121. The molecular weight excluding hydrogens is 242 g/mol. The quantitative estimate of drug-likeness (QED) is 0.531. The zero-order valence-corrected chi connectivity index (χ0v) is 11.1. The number of hydrogen-bond acceptors (Lipinski definition) is 3. The molecule has 0 saturated carbocycles. The Morgan fingerprint density at radius 2 is 1.79 bits per heavy atom. The number of carbonyl (C=O) groups is 2. The SMILES string of the molecule is O=CCCCCCCC(=O)NCc1ccc(O)cc1. The third-order valence-electron chi connectivity index (χ3n) is 2.90. The van der Waals surface area contributed by atoms with E-state index in [-0.39, 0.29) is 11.7 Å². The summed E-state index contributed by atoms with van der Waals surface area (Å²) in [6.07, 6.45) is 5.85. The largest absolute Gasteiger partial charge is 0.508 e. The van der Waals surface area contributed by atoms with Crippen LogP contribution in [0, 0.1) is 0 Å². The second kappa shape index (κ2) is 9.14. The third-order valence-corrected chi connectivity index (χ3v) is 2.90. The van der Waals surface area contributed by atoms with Crippen molar-refractivity contribution in [1.82, 2.24) is 5.32 Å². The van der Waals surface area contributed by atoms with Gasteiger partial charge in [0, 0.05) is 19.4 Å². The topological polar surface area (TPSA) is 66.4 Å². The van der Waals surface area contributed by atoms with Crippen molar-refractivity contribution < 1.29 is 14.7 Å². The number of nitrogens with one attached hydrogen (secondary N) is 1. The van der Waals surface area contributed by atoms with E-state index < -0.39 is 0 Å². The summed E-state index contributed by atoms with van der Waals surface area (Å²) in [4.78, 5) is 21.7. The minimum Gasteiger partial charge on any atom is -0.508 e. The Morgan fingerprint density at radius 1 is 1.11 bits per heavy atom. The average molecular weight is 263 g/mol. The fourth-order valence-electron chi connectivity index (χ4n) is 1.77. The number of benzene rings is 1. The van der Waals surface area contributed by atoms with E-state index in [1.807, 2.05) is 0 Å². The zero-order valence-electron chi connectivity index (χ0n) is 11.1. The van der Waals surface area contributed by atoms with Crippen LogP contribution in [0.2, 0.25) is 0 Å². The number of unbranched alkanes of at least 4 members (excludes halogenated alkanes) is 4. The van der Waals surface area contributed by atoms with Crippen LogP contribution < -0.4 is 5.32 Å². The smallest absolute Gasteiger partial charge is 0.220 e. The van der Waals surface area contributed by atoms with Crippen molar-refractivity contribution in [2.45, 2.75) is 45.1 Å². The Morgan fingerprint density at radius 3 is 2.47 bits per heavy atom. The Balaban J connectivity index is 2.07. The van der Waals surface area contributed by atoms with Crippen LogP contribution >= 0.6 is 0 Å². The van der Waals surface area contributed by atoms with Gasteiger partial charge < -0.3 is 15.2 Å². The van der Waals surface area contributed by atoms with E-state index in [0.29, 0.717) is 19.4 Å². The molecule has 4 nitrogen and oxygen atoms in total.